The molecule has 0 aliphatic rings. The average molecular weight is 414 g/mol. The molecule has 0 saturated carbocycles. The highest BCUT2D eigenvalue weighted by Crippen LogP contribution is 2.37. The summed E-state index contributed by atoms with van der Waals surface area (Å²) >= 11 is 6.46. The monoisotopic (exact) mass is 413 g/mol. The van der Waals surface area contributed by atoms with Crippen molar-refractivity contribution in [1.82, 2.24) is 5.32 Å². The van der Waals surface area contributed by atoms with Crippen molar-refractivity contribution in [3.05, 3.63) is 94.3 Å². The summed E-state index contributed by atoms with van der Waals surface area (Å²) in [6.07, 6.45) is 0.955. The van der Waals surface area contributed by atoms with E-state index in [9.17, 15) is 4.39 Å². The van der Waals surface area contributed by atoms with Gasteiger partial charge >= 0.3 is 0 Å². The fourth-order valence-electron chi connectivity index (χ4n) is 3.00. The average Bonchev–Trinajstić information content (AvgIpc) is 2.73. The zero-order valence-corrected chi connectivity index (χ0v) is 17.2. The van der Waals surface area contributed by atoms with E-state index < -0.39 is 0 Å². The van der Waals surface area contributed by atoms with Crippen LogP contribution < -0.4 is 14.8 Å². The molecule has 3 aromatic rings. The zero-order chi connectivity index (χ0) is 20.5. The van der Waals surface area contributed by atoms with Gasteiger partial charge in [-0.15, -0.1) is 0 Å². The second kappa shape index (κ2) is 10.8. The third-order valence-corrected chi connectivity index (χ3v) is 4.74. The van der Waals surface area contributed by atoms with Crippen LogP contribution in [-0.2, 0) is 19.6 Å². The number of benzene rings is 3. The van der Waals surface area contributed by atoms with Crippen molar-refractivity contribution in [2.24, 2.45) is 0 Å². The first-order valence-electron chi connectivity index (χ1n) is 9.73. The van der Waals surface area contributed by atoms with E-state index >= 15 is 0 Å². The van der Waals surface area contributed by atoms with Gasteiger partial charge in [0, 0.05) is 12.1 Å². The van der Waals surface area contributed by atoms with Crippen LogP contribution in [0.3, 0.4) is 0 Å². The Morgan fingerprint density at radius 1 is 0.931 bits per heavy atom. The summed E-state index contributed by atoms with van der Waals surface area (Å²) in [4.78, 5) is 0. The third-order valence-electron chi connectivity index (χ3n) is 4.46. The molecule has 1 N–H and O–H groups in total. The van der Waals surface area contributed by atoms with Gasteiger partial charge in [0.1, 0.15) is 12.4 Å². The predicted molar refractivity (Wildman–Crippen MR) is 115 cm³/mol. The van der Waals surface area contributed by atoms with Crippen molar-refractivity contribution in [3.8, 4) is 11.5 Å². The molecule has 29 heavy (non-hydrogen) atoms. The molecule has 0 aliphatic heterocycles. The Morgan fingerprint density at radius 3 is 2.45 bits per heavy atom. The molecule has 3 nitrogen and oxygen atoms in total. The first-order valence-corrected chi connectivity index (χ1v) is 10.1. The second-order valence-corrected chi connectivity index (χ2v) is 7.04. The topological polar surface area (TPSA) is 30.5 Å². The zero-order valence-electron chi connectivity index (χ0n) is 16.5. The molecule has 0 atom stereocenters. The van der Waals surface area contributed by atoms with Gasteiger partial charge in [0.15, 0.2) is 11.5 Å². The lowest BCUT2D eigenvalue weighted by molar-refractivity contribution is 0.266. The van der Waals surface area contributed by atoms with Gasteiger partial charge < -0.3 is 14.8 Å². The lowest BCUT2D eigenvalue weighted by Gasteiger charge is -2.16. The largest absolute Gasteiger partial charge is 0.490 e. The molecular formula is C24H25ClFNO2. The number of hydrogen-bond acceptors (Lipinski definition) is 3. The number of hydrogen-bond donors (Lipinski definition) is 1. The van der Waals surface area contributed by atoms with Crippen LogP contribution in [0.5, 0.6) is 11.5 Å². The molecule has 0 radical (unpaired) electrons. The van der Waals surface area contributed by atoms with E-state index in [1.165, 1.54) is 11.6 Å². The summed E-state index contributed by atoms with van der Waals surface area (Å²) in [7, 11) is 0. The summed E-state index contributed by atoms with van der Waals surface area (Å²) in [6, 6.07) is 20.6. The molecule has 5 heteroatoms. The molecular weight excluding hydrogens is 389 g/mol. The van der Waals surface area contributed by atoms with Crippen LogP contribution in [0.1, 0.15) is 23.6 Å². The van der Waals surface area contributed by atoms with Crippen molar-refractivity contribution in [1.29, 1.82) is 0 Å². The minimum Gasteiger partial charge on any atom is -0.490 e. The SMILES string of the molecule is CCOc1cc(CNCCc2ccccc2)cc(Cl)c1OCc1ccccc1F. The maximum atomic E-state index is 13.8. The Kier molecular flexibility index (Phi) is 7.91. The van der Waals surface area contributed by atoms with Gasteiger partial charge in [-0.3, -0.25) is 0 Å². The number of rotatable bonds is 10. The molecule has 0 unspecified atom stereocenters. The second-order valence-electron chi connectivity index (χ2n) is 6.63. The molecule has 0 spiro atoms. The van der Waals surface area contributed by atoms with E-state index in [1.807, 2.05) is 37.3 Å². The Morgan fingerprint density at radius 2 is 1.69 bits per heavy atom. The summed E-state index contributed by atoms with van der Waals surface area (Å²) in [5, 5.41) is 3.88. The lowest BCUT2D eigenvalue weighted by Crippen LogP contribution is -2.16. The van der Waals surface area contributed by atoms with Gasteiger partial charge in [0.05, 0.1) is 11.6 Å². The van der Waals surface area contributed by atoms with Gasteiger partial charge in [-0.2, -0.15) is 0 Å². The van der Waals surface area contributed by atoms with Gasteiger partial charge in [-0.25, -0.2) is 4.39 Å². The van der Waals surface area contributed by atoms with Gasteiger partial charge in [-0.05, 0) is 49.2 Å². The highest BCUT2D eigenvalue weighted by Gasteiger charge is 2.14. The molecule has 0 heterocycles. The summed E-state index contributed by atoms with van der Waals surface area (Å²) in [5.41, 5.74) is 2.77. The van der Waals surface area contributed by atoms with Crippen LogP contribution in [-0.4, -0.2) is 13.2 Å². The summed E-state index contributed by atoms with van der Waals surface area (Å²) < 4.78 is 25.4. The Labute approximate surface area is 176 Å². The first-order chi connectivity index (χ1) is 14.2. The maximum Gasteiger partial charge on any atom is 0.180 e. The molecule has 0 fully saturated rings. The summed E-state index contributed by atoms with van der Waals surface area (Å²) in [6.45, 7) is 4.00. The normalized spacial score (nSPS) is 10.7. The molecule has 152 valence electrons. The van der Waals surface area contributed by atoms with E-state index in [-0.39, 0.29) is 12.4 Å². The minimum atomic E-state index is -0.305. The fourth-order valence-corrected chi connectivity index (χ4v) is 3.29. The van der Waals surface area contributed by atoms with Crippen molar-refractivity contribution < 1.29 is 13.9 Å². The molecule has 0 aliphatic carbocycles. The van der Waals surface area contributed by atoms with Crippen molar-refractivity contribution in [2.75, 3.05) is 13.2 Å². The number of nitrogens with one attached hydrogen (secondary N) is 1. The quantitative estimate of drug-likeness (QED) is 0.427. The smallest absolute Gasteiger partial charge is 0.180 e. The standard InChI is InChI=1S/C24H25ClFNO2/c1-2-28-23-15-19(16-27-13-12-18-8-4-3-5-9-18)14-21(25)24(23)29-17-20-10-6-7-11-22(20)26/h3-11,14-15,27H,2,12-13,16-17H2,1H3. The van der Waals surface area contributed by atoms with Gasteiger partial charge in [0.2, 0.25) is 0 Å². The van der Waals surface area contributed by atoms with E-state index in [2.05, 4.69) is 17.4 Å². The van der Waals surface area contributed by atoms with Crippen molar-refractivity contribution >= 4 is 11.6 Å². The molecule has 0 aromatic heterocycles. The van der Waals surface area contributed by atoms with E-state index in [0.29, 0.717) is 35.2 Å². The fraction of sp³-hybridized carbons (Fsp3) is 0.250. The first kappa shape index (κ1) is 21.2. The van der Waals surface area contributed by atoms with Crippen LogP contribution in [0.4, 0.5) is 4.39 Å². The molecule has 0 saturated heterocycles. The number of halogens is 2. The van der Waals surface area contributed by atoms with Crippen molar-refractivity contribution in [2.45, 2.75) is 26.5 Å². The van der Waals surface area contributed by atoms with Crippen LogP contribution in [0.15, 0.2) is 66.7 Å². The van der Waals surface area contributed by atoms with Crippen LogP contribution in [0, 0.1) is 5.82 Å². The highest BCUT2D eigenvalue weighted by atomic mass is 35.5. The third kappa shape index (κ3) is 6.21. The predicted octanol–water partition coefficient (Wildman–Crippen LogP) is 5.79. The maximum absolute atomic E-state index is 13.8. The molecule has 0 amide bonds. The summed E-state index contributed by atoms with van der Waals surface area (Å²) in [5.74, 6) is 0.696. The van der Waals surface area contributed by atoms with E-state index in [1.54, 1.807) is 18.2 Å². The Hall–Kier alpha value is -2.56. The van der Waals surface area contributed by atoms with Gasteiger partial charge in [-0.1, -0.05) is 60.1 Å². The minimum absolute atomic E-state index is 0.0845. The van der Waals surface area contributed by atoms with E-state index in [0.717, 1.165) is 18.5 Å². The van der Waals surface area contributed by atoms with Crippen molar-refractivity contribution in [3.63, 3.8) is 0 Å². The van der Waals surface area contributed by atoms with Gasteiger partial charge in [0.25, 0.3) is 0 Å². The van der Waals surface area contributed by atoms with Crippen LogP contribution >= 0.6 is 11.6 Å². The van der Waals surface area contributed by atoms with Crippen LogP contribution in [0.25, 0.3) is 0 Å². The lowest BCUT2D eigenvalue weighted by atomic mass is 10.1. The molecule has 3 rings (SSSR count). The highest BCUT2D eigenvalue weighted by molar-refractivity contribution is 6.32. The Balaban J connectivity index is 1.63. The Bertz CT molecular complexity index is 918. The van der Waals surface area contributed by atoms with Crippen LogP contribution in [0.2, 0.25) is 5.02 Å². The molecule has 0 bridgehead atoms. The molecule has 3 aromatic carbocycles. The van der Waals surface area contributed by atoms with E-state index in [4.69, 9.17) is 21.1 Å². The number of ether oxygens (including phenoxy) is 2.